The molecule has 23 heavy (non-hydrogen) atoms. The van der Waals surface area contributed by atoms with Crippen LogP contribution < -0.4 is 16.6 Å². The molecule has 3 rings (SSSR count). The molecule has 1 aliphatic heterocycles. The number of nitrogens with zero attached hydrogens (tertiary/aromatic N) is 1. The van der Waals surface area contributed by atoms with Gasteiger partial charge in [-0.3, -0.25) is 29.1 Å². The summed E-state index contributed by atoms with van der Waals surface area (Å²) in [5.74, 6) is -1.78. The predicted molar refractivity (Wildman–Crippen MR) is 86.0 cm³/mol. The minimum absolute atomic E-state index is 0.0600. The molecule has 3 N–H and O–H groups in total. The number of benzene rings is 1. The first-order valence-corrected chi connectivity index (χ1v) is 7.32. The standard InChI is InChI=1S/C15H10BrN3O4/c1-6(20)8-4-7(16)2-3-10(8)19-11(21)5-9-12(13(19)17)15(23)18-14(9)22/h2-5H,17H2,1H3,(H,18,22,23). The van der Waals surface area contributed by atoms with Gasteiger partial charge < -0.3 is 5.73 Å². The third-order valence-corrected chi connectivity index (χ3v) is 4.03. The fourth-order valence-electron chi connectivity index (χ4n) is 2.51. The molecule has 0 saturated heterocycles. The van der Waals surface area contributed by atoms with Crippen molar-refractivity contribution in [2.75, 3.05) is 5.73 Å². The number of nitrogen functional groups attached to an aromatic ring is 1. The highest BCUT2D eigenvalue weighted by atomic mass is 79.9. The van der Waals surface area contributed by atoms with E-state index >= 15 is 0 Å². The first-order valence-electron chi connectivity index (χ1n) is 6.53. The summed E-state index contributed by atoms with van der Waals surface area (Å²) in [5.41, 5.74) is 5.74. The fourth-order valence-corrected chi connectivity index (χ4v) is 2.87. The van der Waals surface area contributed by atoms with Crippen molar-refractivity contribution in [1.82, 2.24) is 9.88 Å². The molecule has 2 amide bonds. The largest absolute Gasteiger partial charge is 0.384 e. The number of rotatable bonds is 2. The number of halogens is 1. The molecule has 0 radical (unpaired) electrons. The highest BCUT2D eigenvalue weighted by Crippen LogP contribution is 2.26. The Morgan fingerprint density at radius 1 is 1.17 bits per heavy atom. The van der Waals surface area contributed by atoms with Crippen molar-refractivity contribution >= 4 is 39.3 Å². The average Bonchev–Trinajstić information content (AvgIpc) is 2.74. The number of nitrogens with two attached hydrogens (primary N) is 1. The molecule has 0 fully saturated rings. The number of carbonyl (C=O) groups excluding carboxylic acids is 3. The monoisotopic (exact) mass is 375 g/mol. The molecule has 8 heteroatoms. The molecule has 1 aromatic carbocycles. The Kier molecular flexibility index (Phi) is 3.41. The number of amides is 2. The molecule has 0 spiro atoms. The lowest BCUT2D eigenvalue weighted by Gasteiger charge is -2.14. The molecular formula is C15H10BrN3O4. The van der Waals surface area contributed by atoms with Gasteiger partial charge in [0.15, 0.2) is 5.78 Å². The number of nitrogens with one attached hydrogen (secondary N) is 1. The lowest BCUT2D eigenvalue weighted by atomic mass is 10.1. The van der Waals surface area contributed by atoms with Gasteiger partial charge in [0.05, 0.1) is 16.8 Å². The van der Waals surface area contributed by atoms with Crippen LogP contribution in [0.3, 0.4) is 0 Å². The first-order chi connectivity index (χ1) is 10.8. The second-order valence-corrected chi connectivity index (χ2v) is 5.91. The minimum Gasteiger partial charge on any atom is -0.384 e. The van der Waals surface area contributed by atoms with E-state index < -0.39 is 17.4 Å². The van der Waals surface area contributed by atoms with Crippen LogP contribution in [0.4, 0.5) is 5.82 Å². The Bertz CT molecular complexity index is 962. The average molecular weight is 376 g/mol. The number of hydrogen-bond acceptors (Lipinski definition) is 5. The zero-order chi connectivity index (χ0) is 16.9. The van der Waals surface area contributed by atoms with Crippen molar-refractivity contribution < 1.29 is 14.4 Å². The van der Waals surface area contributed by atoms with Crippen molar-refractivity contribution in [3.63, 3.8) is 0 Å². The SMILES string of the molecule is CC(=O)c1cc(Br)ccc1-n1c(N)c2c(cc1=O)C(=O)NC2=O. The van der Waals surface area contributed by atoms with Crippen molar-refractivity contribution in [2.45, 2.75) is 6.92 Å². The summed E-state index contributed by atoms with van der Waals surface area (Å²) < 4.78 is 1.72. The zero-order valence-electron chi connectivity index (χ0n) is 11.8. The fraction of sp³-hybridized carbons (Fsp3) is 0.0667. The van der Waals surface area contributed by atoms with Crippen LogP contribution in [0.2, 0.25) is 0 Å². The van der Waals surface area contributed by atoms with Gasteiger partial charge in [-0.2, -0.15) is 0 Å². The van der Waals surface area contributed by atoms with Crippen LogP contribution in [-0.4, -0.2) is 22.2 Å². The maximum Gasteiger partial charge on any atom is 0.262 e. The van der Waals surface area contributed by atoms with E-state index in [1.165, 1.54) is 6.92 Å². The van der Waals surface area contributed by atoms with Crippen LogP contribution in [0.5, 0.6) is 0 Å². The minimum atomic E-state index is -0.669. The van der Waals surface area contributed by atoms with Gasteiger partial charge in [-0.15, -0.1) is 0 Å². The van der Waals surface area contributed by atoms with E-state index in [9.17, 15) is 19.2 Å². The van der Waals surface area contributed by atoms with E-state index in [2.05, 4.69) is 21.2 Å². The van der Waals surface area contributed by atoms with Crippen molar-refractivity contribution in [1.29, 1.82) is 0 Å². The van der Waals surface area contributed by atoms with Gasteiger partial charge in [0.25, 0.3) is 17.4 Å². The molecular weight excluding hydrogens is 366 g/mol. The number of anilines is 1. The van der Waals surface area contributed by atoms with E-state index in [1.54, 1.807) is 18.2 Å². The number of carbonyl (C=O) groups is 3. The Hall–Kier alpha value is -2.74. The number of ketones is 1. The molecule has 2 heterocycles. The van der Waals surface area contributed by atoms with E-state index in [-0.39, 0.29) is 34.0 Å². The zero-order valence-corrected chi connectivity index (χ0v) is 13.4. The van der Waals surface area contributed by atoms with Crippen molar-refractivity contribution in [2.24, 2.45) is 0 Å². The van der Waals surface area contributed by atoms with Crippen molar-refractivity contribution in [3.05, 3.63) is 55.8 Å². The predicted octanol–water partition coefficient (Wildman–Crippen LogP) is 1.27. The Morgan fingerprint density at radius 3 is 2.52 bits per heavy atom. The Labute approximate surface area is 138 Å². The summed E-state index contributed by atoms with van der Waals surface area (Å²) in [6.45, 7) is 1.36. The van der Waals surface area contributed by atoms with E-state index in [0.717, 1.165) is 10.6 Å². The molecule has 0 bridgehead atoms. The van der Waals surface area contributed by atoms with Crippen LogP contribution in [0.25, 0.3) is 5.69 Å². The normalized spacial score (nSPS) is 13.0. The summed E-state index contributed by atoms with van der Waals surface area (Å²) in [6, 6.07) is 5.78. The van der Waals surface area contributed by atoms with Crippen molar-refractivity contribution in [3.8, 4) is 5.69 Å². The number of hydrogen-bond donors (Lipinski definition) is 2. The lowest BCUT2D eigenvalue weighted by Crippen LogP contribution is -2.25. The van der Waals surface area contributed by atoms with E-state index in [0.29, 0.717) is 4.47 Å². The van der Waals surface area contributed by atoms with Crippen LogP contribution in [0.1, 0.15) is 38.0 Å². The number of fused-ring (bicyclic) bond motifs is 1. The van der Waals surface area contributed by atoms with Gasteiger partial charge in [0.2, 0.25) is 0 Å². The molecule has 0 aliphatic carbocycles. The van der Waals surface area contributed by atoms with Crippen LogP contribution >= 0.6 is 15.9 Å². The number of pyridine rings is 1. The molecule has 116 valence electrons. The smallest absolute Gasteiger partial charge is 0.262 e. The van der Waals surface area contributed by atoms with E-state index in [4.69, 9.17) is 5.73 Å². The van der Waals surface area contributed by atoms with Gasteiger partial charge in [-0.1, -0.05) is 15.9 Å². The molecule has 2 aromatic rings. The van der Waals surface area contributed by atoms with Gasteiger partial charge in [-0.05, 0) is 25.1 Å². The van der Waals surface area contributed by atoms with E-state index in [1.807, 2.05) is 0 Å². The molecule has 0 unspecified atom stereocenters. The third kappa shape index (κ3) is 2.27. The third-order valence-electron chi connectivity index (χ3n) is 3.53. The second kappa shape index (κ2) is 5.17. The summed E-state index contributed by atoms with van der Waals surface area (Å²) in [4.78, 5) is 47.7. The van der Waals surface area contributed by atoms with Gasteiger partial charge in [0, 0.05) is 16.1 Å². The maximum atomic E-state index is 12.4. The second-order valence-electron chi connectivity index (χ2n) is 4.99. The maximum absolute atomic E-state index is 12.4. The Morgan fingerprint density at radius 2 is 1.87 bits per heavy atom. The number of aromatic nitrogens is 1. The first kappa shape index (κ1) is 15.2. The topological polar surface area (TPSA) is 111 Å². The molecule has 0 atom stereocenters. The number of Topliss-reactive ketones (excluding diaryl/α,β-unsaturated/α-hetero) is 1. The van der Waals surface area contributed by atoms with Gasteiger partial charge in [0.1, 0.15) is 5.82 Å². The molecule has 7 nitrogen and oxygen atoms in total. The number of imide groups is 1. The molecule has 0 saturated carbocycles. The Balaban J connectivity index is 2.38. The van der Waals surface area contributed by atoms with Crippen LogP contribution in [0, 0.1) is 0 Å². The van der Waals surface area contributed by atoms with Crippen LogP contribution in [-0.2, 0) is 0 Å². The summed E-state index contributed by atoms with van der Waals surface area (Å²) in [6.07, 6.45) is 0. The summed E-state index contributed by atoms with van der Waals surface area (Å²) in [7, 11) is 0. The highest BCUT2D eigenvalue weighted by Gasteiger charge is 2.32. The molecule has 1 aromatic heterocycles. The lowest BCUT2D eigenvalue weighted by molar-refractivity contribution is 0.0879. The summed E-state index contributed by atoms with van der Waals surface area (Å²) >= 11 is 3.26. The molecule has 1 aliphatic rings. The van der Waals surface area contributed by atoms with Crippen LogP contribution in [0.15, 0.2) is 33.5 Å². The quantitative estimate of drug-likeness (QED) is 0.606. The van der Waals surface area contributed by atoms with Gasteiger partial charge >= 0.3 is 0 Å². The van der Waals surface area contributed by atoms with Gasteiger partial charge in [-0.25, -0.2) is 0 Å². The highest BCUT2D eigenvalue weighted by molar-refractivity contribution is 9.10. The summed E-state index contributed by atoms with van der Waals surface area (Å²) in [5, 5.41) is 2.09.